The van der Waals surface area contributed by atoms with Gasteiger partial charge in [0.15, 0.2) is 0 Å². The lowest BCUT2D eigenvalue weighted by Crippen LogP contribution is -2.28. The van der Waals surface area contributed by atoms with Crippen LogP contribution in [-0.2, 0) is 4.79 Å². The molecule has 3 nitrogen and oxygen atoms in total. The fourth-order valence-electron chi connectivity index (χ4n) is 1.47. The molecule has 2 aromatic rings. The Bertz CT molecular complexity index is 474. The minimum atomic E-state index is -0.917. The number of aliphatic carboxylic acids is 1. The Labute approximate surface area is 134 Å². The van der Waals surface area contributed by atoms with Crippen molar-refractivity contribution in [3.05, 3.63) is 57.7 Å². The number of rotatable bonds is 4. The van der Waals surface area contributed by atoms with Crippen LogP contribution >= 0.6 is 35.3 Å². The van der Waals surface area contributed by atoms with Crippen molar-refractivity contribution in [3.8, 4) is 0 Å². The Kier molecular flexibility index (Phi) is 10.1. The number of halogens is 2. The van der Waals surface area contributed by atoms with Crippen LogP contribution in [0.1, 0.15) is 18.5 Å². The predicted molar refractivity (Wildman–Crippen MR) is 87.1 cm³/mol. The zero-order valence-electron chi connectivity index (χ0n) is 11.0. The van der Waals surface area contributed by atoms with E-state index in [2.05, 4.69) is 5.32 Å². The summed E-state index contributed by atoms with van der Waals surface area (Å²) in [4.78, 5) is 10.9. The molecular weight excluding hydrogens is 317 g/mol. The molecule has 0 unspecified atom stereocenters. The van der Waals surface area contributed by atoms with Crippen LogP contribution in [0.4, 0.5) is 0 Å². The van der Waals surface area contributed by atoms with Gasteiger partial charge in [-0.15, -0.1) is 12.4 Å². The number of hydrogen-bond donors (Lipinski definition) is 2. The van der Waals surface area contributed by atoms with E-state index in [-0.39, 0.29) is 12.4 Å². The molecular formula is C14H17Cl2NO2S. The maximum Gasteiger partial charge on any atom is 0.325 e. The Morgan fingerprint density at radius 3 is 2.30 bits per heavy atom. The number of hydrogen-bond acceptors (Lipinski definition) is 3. The van der Waals surface area contributed by atoms with Gasteiger partial charge in [-0.3, -0.25) is 4.79 Å². The Balaban J connectivity index is 0.000000507. The minimum absolute atomic E-state index is 0. The van der Waals surface area contributed by atoms with Gasteiger partial charge in [0.25, 0.3) is 0 Å². The molecule has 0 spiro atoms. The lowest BCUT2D eigenvalue weighted by atomic mass is 10.1. The molecule has 2 N–H and O–H groups in total. The molecule has 0 aliphatic rings. The normalized spacial score (nSPS) is 10.7. The Morgan fingerprint density at radius 2 is 1.90 bits per heavy atom. The molecule has 110 valence electrons. The third kappa shape index (κ3) is 6.39. The van der Waals surface area contributed by atoms with Crippen molar-refractivity contribution < 1.29 is 9.90 Å². The molecule has 1 aromatic carbocycles. The van der Waals surface area contributed by atoms with Gasteiger partial charge in [0.1, 0.15) is 6.04 Å². The third-order valence-corrected chi connectivity index (χ3v) is 3.27. The Morgan fingerprint density at radius 1 is 1.30 bits per heavy atom. The second-order valence-electron chi connectivity index (χ2n) is 3.64. The van der Waals surface area contributed by atoms with Gasteiger partial charge in [-0.25, -0.2) is 0 Å². The van der Waals surface area contributed by atoms with Crippen LogP contribution in [-0.4, -0.2) is 17.6 Å². The second kappa shape index (κ2) is 10.7. The summed E-state index contributed by atoms with van der Waals surface area (Å²) >= 11 is 7.61. The van der Waals surface area contributed by atoms with E-state index in [0.717, 1.165) is 0 Å². The van der Waals surface area contributed by atoms with E-state index in [0.29, 0.717) is 17.1 Å². The zero-order valence-corrected chi connectivity index (χ0v) is 13.3. The summed E-state index contributed by atoms with van der Waals surface area (Å²) in [7, 11) is 0. The van der Waals surface area contributed by atoms with E-state index in [1.165, 1.54) is 0 Å². The quantitative estimate of drug-likeness (QED) is 0.879. The van der Waals surface area contributed by atoms with Crippen molar-refractivity contribution in [1.82, 2.24) is 5.32 Å². The van der Waals surface area contributed by atoms with E-state index in [1.54, 1.807) is 35.6 Å². The van der Waals surface area contributed by atoms with Crippen LogP contribution in [0.3, 0.4) is 0 Å². The minimum Gasteiger partial charge on any atom is -0.480 e. The lowest BCUT2D eigenvalue weighted by Gasteiger charge is -2.14. The molecule has 2 rings (SSSR count). The van der Waals surface area contributed by atoms with Crippen LogP contribution < -0.4 is 5.32 Å². The number of likely N-dealkylation sites (N-methyl/N-ethyl adjacent to an activating group) is 1. The molecule has 0 aliphatic heterocycles. The number of carboxylic acids is 1. The molecule has 0 fully saturated rings. The van der Waals surface area contributed by atoms with Gasteiger partial charge in [-0.05, 0) is 28.9 Å². The summed E-state index contributed by atoms with van der Waals surface area (Å²) in [6.07, 6.45) is 0. The summed E-state index contributed by atoms with van der Waals surface area (Å²) in [5.41, 5.74) is 0.600. The lowest BCUT2D eigenvalue weighted by molar-refractivity contribution is -0.139. The summed E-state index contributed by atoms with van der Waals surface area (Å²) < 4.78 is 0. The van der Waals surface area contributed by atoms with Crippen LogP contribution in [0.15, 0.2) is 47.2 Å². The highest BCUT2D eigenvalue weighted by Gasteiger charge is 2.20. The van der Waals surface area contributed by atoms with Crippen molar-refractivity contribution in [3.63, 3.8) is 0 Å². The summed E-state index contributed by atoms with van der Waals surface area (Å²) in [6, 6.07) is 10.3. The monoisotopic (exact) mass is 333 g/mol. The number of carbonyl (C=O) groups is 1. The maximum atomic E-state index is 10.9. The maximum absolute atomic E-state index is 10.9. The first kappa shape index (κ1) is 18.9. The van der Waals surface area contributed by atoms with Crippen molar-refractivity contribution in [1.29, 1.82) is 0 Å². The van der Waals surface area contributed by atoms with Gasteiger partial charge in [0.05, 0.1) is 0 Å². The summed E-state index contributed by atoms with van der Waals surface area (Å²) in [5.74, 6) is -0.917. The topological polar surface area (TPSA) is 49.3 Å². The van der Waals surface area contributed by atoms with Crippen molar-refractivity contribution in [2.75, 3.05) is 6.54 Å². The molecule has 6 heteroatoms. The average molecular weight is 334 g/mol. The first-order valence-electron chi connectivity index (χ1n) is 5.84. The molecule has 0 amide bonds. The fourth-order valence-corrected chi connectivity index (χ4v) is 2.17. The highest BCUT2D eigenvalue weighted by atomic mass is 35.5. The number of carboxylic acid groups (broad SMARTS) is 1. The molecule has 1 atom stereocenters. The van der Waals surface area contributed by atoms with Gasteiger partial charge in [-0.2, -0.15) is 11.3 Å². The van der Waals surface area contributed by atoms with Crippen LogP contribution in [0.25, 0.3) is 0 Å². The fraction of sp³-hybridized carbons (Fsp3) is 0.214. The second-order valence-corrected chi connectivity index (χ2v) is 4.87. The van der Waals surface area contributed by atoms with E-state index in [9.17, 15) is 4.79 Å². The molecule has 0 radical (unpaired) electrons. The molecule has 0 aliphatic carbocycles. The van der Waals surface area contributed by atoms with Gasteiger partial charge >= 0.3 is 5.97 Å². The van der Waals surface area contributed by atoms with Crippen molar-refractivity contribution in [2.24, 2.45) is 0 Å². The molecule has 0 saturated heterocycles. The number of benzene rings is 1. The number of nitrogens with one attached hydrogen (secondary N) is 1. The molecule has 20 heavy (non-hydrogen) atoms. The van der Waals surface area contributed by atoms with Gasteiger partial charge in [-0.1, -0.05) is 48.9 Å². The molecule has 0 bridgehead atoms. The Hall–Kier alpha value is -1.07. The number of thiophene rings is 1. The third-order valence-electron chi connectivity index (χ3n) is 2.30. The molecule has 1 heterocycles. The van der Waals surface area contributed by atoms with E-state index >= 15 is 0 Å². The zero-order chi connectivity index (χ0) is 14.1. The molecule has 1 aromatic heterocycles. The van der Waals surface area contributed by atoms with Crippen LogP contribution in [0.5, 0.6) is 0 Å². The van der Waals surface area contributed by atoms with Gasteiger partial charge in [0.2, 0.25) is 0 Å². The van der Waals surface area contributed by atoms with Gasteiger partial charge in [0, 0.05) is 5.02 Å². The SMILES string of the molecule is CCN[C@H](C(=O)O)c1ccccc1Cl.Cl.c1ccsc1. The van der Waals surface area contributed by atoms with E-state index < -0.39 is 12.0 Å². The first-order valence-corrected chi connectivity index (χ1v) is 7.16. The molecule has 0 saturated carbocycles. The summed E-state index contributed by atoms with van der Waals surface area (Å²) in [6.45, 7) is 2.44. The largest absolute Gasteiger partial charge is 0.480 e. The van der Waals surface area contributed by atoms with Crippen LogP contribution in [0, 0.1) is 0 Å². The van der Waals surface area contributed by atoms with Crippen molar-refractivity contribution >= 4 is 41.3 Å². The predicted octanol–water partition coefficient (Wildman–Crippen LogP) is 4.25. The first-order chi connectivity index (χ1) is 9.16. The van der Waals surface area contributed by atoms with Gasteiger partial charge < -0.3 is 10.4 Å². The smallest absolute Gasteiger partial charge is 0.325 e. The average Bonchev–Trinajstić information content (AvgIpc) is 2.96. The standard InChI is InChI=1S/C10H12ClNO2.C4H4S.ClH/c1-2-12-9(10(13)14)7-5-3-4-6-8(7)11;1-2-4-5-3-1;/h3-6,9,12H,2H2,1H3,(H,13,14);1-4H;1H/t9-;;/m0../s1. The van der Waals surface area contributed by atoms with Crippen molar-refractivity contribution in [2.45, 2.75) is 13.0 Å². The highest BCUT2D eigenvalue weighted by Crippen LogP contribution is 2.22. The van der Waals surface area contributed by atoms with E-state index in [4.69, 9.17) is 16.7 Å². The highest BCUT2D eigenvalue weighted by molar-refractivity contribution is 7.07. The van der Waals surface area contributed by atoms with E-state index in [1.807, 2.05) is 29.8 Å². The summed E-state index contributed by atoms with van der Waals surface area (Å²) in [5, 5.41) is 16.4. The van der Waals surface area contributed by atoms with Crippen LogP contribution in [0.2, 0.25) is 5.02 Å².